The van der Waals surface area contributed by atoms with Gasteiger partial charge in [-0.05, 0) is 51.1 Å². The average Bonchev–Trinajstić information content (AvgIpc) is 2.79. The first-order valence-corrected chi connectivity index (χ1v) is 6.91. The Bertz CT molecular complexity index is 408. The molecule has 1 aromatic rings. The molecule has 0 saturated carbocycles. The number of hydrogen-bond acceptors (Lipinski definition) is 3. The molecule has 0 bridgehead atoms. The van der Waals surface area contributed by atoms with Gasteiger partial charge in [0.05, 0.1) is 0 Å². The van der Waals surface area contributed by atoms with E-state index in [0.717, 1.165) is 25.2 Å². The van der Waals surface area contributed by atoms with Crippen molar-refractivity contribution in [3.63, 3.8) is 0 Å². The van der Waals surface area contributed by atoms with Gasteiger partial charge in [0, 0.05) is 23.9 Å². The molecule has 1 atom stereocenters. The smallest absolute Gasteiger partial charge is 0.130 e. The second-order valence-corrected chi connectivity index (χ2v) is 5.35. The molecular weight excluding hydrogens is 210 g/mol. The fourth-order valence-corrected chi connectivity index (χ4v) is 3.09. The van der Waals surface area contributed by atoms with E-state index in [4.69, 9.17) is 4.98 Å². The van der Waals surface area contributed by atoms with E-state index in [-0.39, 0.29) is 0 Å². The maximum atomic E-state index is 4.76. The van der Waals surface area contributed by atoms with Gasteiger partial charge in [-0.3, -0.25) is 0 Å². The van der Waals surface area contributed by atoms with Crippen LogP contribution in [0.4, 0.5) is 0 Å². The minimum atomic E-state index is 0.600. The molecule has 0 radical (unpaired) electrons. The van der Waals surface area contributed by atoms with E-state index in [1.807, 2.05) is 0 Å². The van der Waals surface area contributed by atoms with Crippen LogP contribution < -0.4 is 5.32 Å². The first-order chi connectivity index (χ1) is 8.33. The Kier molecular flexibility index (Phi) is 3.10. The summed E-state index contributed by atoms with van der Waals surface area (Å²) >= 11 is 0. The number of aromatic nitrogens is 2. The van der Waals surface area contributed by atoms with Crippen molar-refractivity contribution in [2.24, 2.45) is 0 Å². The average molecular weight is 231 g/mol. The van der Waals surface area contributed by atoms with Crippen LogP contribution in [0.2, 0.25) is 0 Å². The first kappa shape index (κ1) is 11.1. The van der Waals surface area contributed by atoms with E-state index in [1.54, 1.807) is 0 Å². The van der Waals surface area contributed by atoms with Gasteiger partial charge >= 0.3 is 0 Å². The van der Waals surface area contributed by atoms with Gasteiger partial charge in [0.15, 0.2) is 0 Å². The molecule has 2 aliphatic rings. The summed E-state index contributed by atoms with van der Waals surface area (Å²) in [4.78, 5) is 9.44. The second kappa shape index (κ2) is 4.73. The molecule has 3 nitrogen and oxygen atoms in total. The Morgan fingerprint density at radius 3 is 2.94 bits per heavy atom. The van der Waals surface area contributed by atoms with E-state index < -0.39 is 0 Å². The third kappa shape index (κ3) is 2.34. The predicted octanol–water partition coefficient (Wildman–Crippen LogP) is 1.96. The summed E-state index contributed by atoms with van der Waals surface area (Å²) in [6.07, 6.45) is 8.55. The normalized spacial score (nSPS) is 23.7. The lowest BCUT2D eigenvalue weighted by Crippen LogP contribution is -2.36. The van der Waals surface area contributed by atoms with Crippen molar-refractivity contribution in [2.75, 3.05) is 6.54 Å². The van der Waals surface area contributed by atoms with Gasteiger partial charge in [0.25, 0.3) is 0 Å². The quantitative estimate of drug-likeness (QED) is 0.845. The Balaban J connectivity index is 1.76. The van der Waals surface area contributed by atoms with Crippen molar-refractivity contribution < 1.29 is 0 Å². The minimum absolute atomic E-state index is 0.600. The zero-order valence-electron chi connectivity index (χ0n) is 10.6. The summed E-state index contributed by atoms with van der Waals surface area (Å²) in [5, 5.41) is 3.57. The third-order valence-corrected chi connectivity index (χ3v) is 4.03. The third-order valence-electron chi connectivity index (χ3n) is 4.03. The van der Waals surface area contributed by atoms with Crippen molar-refractivity contribution in [2.45, 2.75) is 57.9 Å². The highest BCUT2D eigenvalue weighted by Crippen LogP contribution is 2.23. The summed E-state index contributed by atoms with van der Waals surface area (Å²) in [7, 11) is 0. The van der Waals surface area contributed by atoms with E-state index in [9.17, 15) is 0 Å². The van der Waals surface area contributed by atoms with Crippen LogP contribution >= 0.6 is 0 Å². The number of aryl methyl sites for hydroxylation is 2. The molecule has 2 heterocycles. The molecule has 1 aromatic heterocycles. The zero-order valence-corrected chi connectivity index (χ0v) is 10.6. The van der Waals surface area contributed by atoms with Crippen molar-refractivity contribution >= 4 is 0 Å². The van der Waals surface area contributed by atoms with E-state index in [0.29, 0.717) is 6.04 Å². The summed E-state index contributed by atoms with van der Waals surface area (Å²) in [6.45, 7) is 3.30. The fraction of sp³-hybridized carbons (Fsp3) is 0.714. The zero-order chi connectivity index (χ0) is 11.7. The largest absolute Gasteiger partial charge is 0.314 e. The Labute approximate surface area is 103 Å². The molecule has 1 aliphatic heterocycles. The molecule has 0 spiro atoms. The Hall–Kier alpha value is -0.960. The standard InChI is InChI=1S/C14H21N3/c1-10-12-6-4-7-13(12)17-14(16-10)9-11-5-2-3-8-15-11/h11,15H,2-9H2,1H3. The minimum Gasteiger partial charge on any atom is -0.314 e. The highest BCUT2D eigenvalue weighted by Gasteiger charge is 2.19. The Morgan fingerprint density at radius 1 is 1.18 bits per heavy atom. The van der Waals surface area contributed by atoms with Crippen LogP contribution in [0.15, 0.2) is 0 Å². The van der Waals surface area contributed by atoms with Crippen LogP contribution in [0, 0.1) is 6.92 Å². The van der Waals surface area contributed by atoms with Crippen molar-refractivity contribution in [3.8, 4) is 0 Å². The van der Waals surface area contributed by atoms with Gasteiger partial charge in [0.2, 0.25) is 0 Å². The molecule has 3 rings (SSSR count). The van der Waals surface area contributed by atoms with E-state index in [1.165, 1.54) is 49.1 Å². The van der Waals surface area contributed by atoms with E-state index >= 15 is 0 Å². The topological polar surface area (TPSA) is 37.8 Å². The van der Waals surface area contributed by atoms with Crippen molar-refractivity contribution in [1.29, 1.82) is 0 Å². The lowest BCUT2D eigenvalue weighted by Gasteiger charge is -2.23. The molecule has 1 fully saturated rings. The summed E-state index contributed by atoms with van der Waals surface area (Å²) < 4.78 is 0. The monoisotopic (exact) mass is 231 g/mol. The van der Waals surface area contributed by atoms with Gasteiger partial charge in [-0.15, -0.1) is 0 Å². The molecule has 1 N–H and O–H groups in total. The molecule has 17 heavy (non-hydrogen) atoms. The molecule has 1 aliphatic carbocycles. The van der Waals surface area contributed by atoms with E-state index in [2.05, 4.69) is 17.2 Å². The lowest BCUT2D eigenvalue weighted by atomic mass is 10.0. The van der Waals surface area contributed by atoms with Gasteiger partial charge in [-0.1, -0.05) is 6.42 Å². The van der Waals surface area contributed by atoms with Crippen molar-refractivity contribution in [1.82, 2.24) is 15.3 Å². The number of hydrogen-bond donors (Lipinski definition) is 1. The van der Waals surface area contributed by atoms with Crippen LogP contribution in [0.5, 0.6) is 0 Å². The summed E-state index contributed by atoms with van der Waals surface area (Å²) in [5.74, 6) is 1.06. The van der Waals surface area contributed by atoms with Gasteiger partial charge < -0.3 is 5.32 Å². The predicted molar refractivity (Wildman–Crippen MR) is 68.1 cm³/mol. The molecule has 1 unspecified atom stereocenters. The van der Waals surface area contributed by atoms with Gasteiger partial charge in [-0.2, -0.15) is 0 Å². The highest BCUT2D eigenvalue weighted by molar-refractivity contribution is 5.29. The number of nitrogens with one attached hydrogen (secondary N) is 1. The second-order valence-electron chi connectivity index (χ2n) is 5.35. The van der Waals surface area contributed by atoms with Crippen LogP contribution in [-0.2, 0) is 19.3 Å². The summed E-state index contributed by atoms with van der Waals surface area (Å²) in [5.41, 5.74) is 3.96. The summed E-state index contributed by atoms with van der Waals surface area (Å²) in [6, 6.07) is 0.600. The Morgan fingerprint density at radius 2 is 2.12 bits per heavy atom. The molecule has 0 amide bonds. The molecule has 92 valence electrons. The van der Waals surface area contributed by atoms with Crippen LogP contribution in [0.3, 0.4) is 0 Å². The molecule has 0 aromatic carbocycles. The number of rotatable bonds is 2. The van der Waals surface area contributed by atoms with Crippen molar-refractivity contribution in [3.05, 3.63) is 22.8 Å². The number of piperidine rings is 1. The lowest BCUT2D eigenvalue weighted by molar-refractivity contribution is 0.394. The van der Waals surface area contributed by atoms with Gasteiger partial charge in [0.1, 0.15) is 5.82 Å². The number of nitrogens with zero attached hydrogens (tertiary/aromatic N) is 2. The fourth-order valence-electron chi connectivity index (χ4n) is 3.09. The van der Waals surface area contributed by atoms with Crippen LogP contribution in [-0.4, -0.2) is 22.6 Å². The van der Waals surface area contributed by atoms with Gasteiger partial charge in [-0.25, -0.2) is 9.97 Å². The maximum Gasteiger partial charge on any atom is 0.130 e. The first-order valence-electron chi connectivity index (χ1n) is 6.91. The molecule has 1 saturated heterocycles. The van der Waals surface area contributed by atoms with Crippen LogP contribution in [0.1, 0.15) is 48.5 Å². The maximum absolute atomic E-state index is 4.76. The van der Waals surface area contributed by atoms with Crippen LogP contribution in [0.25, 0.3) is 0 Å². The highest BCUT2D eigenvalue weighted by atomic mass is 15.0. The SMILES string of the molecule is Cc1nc(CC2CCCCN2)nc2c1CCC2. The number of fused-ring (bicyclic) bond motifs is 1. The molecular formula is C14H21N3. The molecule has 3 heteroatoms.